The Morgan fingerprint density at radius 2 is 2.29 bits per heavy atom. The predicted molar refractivity (Wildman–Crippen MR) is 41.7 cm³/mol. The Balaban J connectivity index is 2.17. The van der Waals surface area contributed by atoms with Crippen LogP contribution in [0.15, 0.2) is 10.7 Å². The zero-order valence-corrected chi connectivity index (χ0v) is 7.27. The van der Waals surface area contributed by atoms with Crippen molar-refractivity contribution in [3.63, 3.8) is 0 Å². The zero-order chi connectivity index (χ0) is 10.2. The largest absolute Gasteiger partial charge is 0.468 e. The molecule has 0 amide bonds. The molecule has 6 heteroatoms. The van der Waals surface area contributed by atoms with Gasteiger partial charge in [0.1, 0.15) is 6.26 Å². The van der Waals surface area contributed by atoms with E-state index in [0.29, 0.717) is 12.2 Å². The number of halogens is 3. The average Bonchev–Trinajstić information content (AvgIpc) is 2.73. The molecule has 1 aliphatic heterocycles. The molecule has 1 saturated heterocycles. The third-order valence-electron chi connectivity index (χ3n) is 2.24. The highest BCUT2D eigenvalue weighted by atomic mass is 19.4. The van der Waals surface area contributed by atoms with Gasteiger partial charge in [-0.1, -0.05) is 0 Å². The highest BCUT2D eigenvalue weighted by Crippen LogP contribution is 2.30. The lowest BCUT2D eigenvalue weighted by Crippen LogP contribution is -2.09. The predicted octanol–water partition coefficient (Wildman–Crippen LogP) is 1.77. The Hall–Kier alpha value is -1.04. The van der Waals surface area contributed by atoms with Crippen LogP contribution in [0.4, 0.5) is 13.2 Å². The molecule has 1 N–H and O–H groups in total. The zero-order valence-electron chi connectivity index (χ0n) is 7.27. The minimum Gasteiger partial charge on any atom is -0.441 e. The fraction of sp³-hybridized carbons (Fsp3) is 0.625. The van der Waals surface area contributed by atoms with Gasteiger partial charge >= 0.3 is 12.1 Å². The second-order valence-electron chi connectivity index (χ2n) is 3.27. The van der Waals surface area contributed by atoms with Crippen LogP contribution in [0, 0.1) is 0 Å². The van der Waals surface area contributed by atoms with Gasteiger partial charge in [-0.3, -0.25) is 0 Å². The van der Waals surface area contributed by atoms with Crippen molar-refractivity contribution in [2.75, 3.05) is 13.1 Å². The first kappa shape index (κ1) is 9.51. The molecule has 3 nitrogen and oxygen atoms in total. The highest BCUT2D eigenvalue weighted by Gasteiger charge is 2.38. The summed E-state index contributed by atoms with van der Waals surface area (Å²) in [6.45, 7) is 1.49. The lowest BCUT2D eigenvalue weighted by atomic mass is 10.1. The Morgan fingerprint density at radius 3 is 2.79 bits per heavy atom. The standard InChI is InChI=1S/C8H9F3N2O/c9-8(10,11)7-13-6(4-14-7)5-1-2-12-3-5/h4-5,12H,1-3H2. The van der Waals surface area contributed by atoms with Crippen LogP contribution >= 0.6 is 0 Å². The van der Waals surface area contributed by atoms with Crippen LogP contribution in [0.25, 0.3) is 0 Å². The van der Waals surface area contributed by atoms with Crippen molar-refractivity contribution in [3.8, 4) is 0 Å². The van der Waals surface area contributed by atoms with Gasteiger partial charge in [0.25, 0.3) is 0 Å². The highest BCUT2D eigenvalue weighted by molar-refractivity contribution is 5.08. The maximum Gasteiger partial charge on any atom is 0.468 e. The summed E-state index contributed by atoms with van der Waals surface area (Å²) in [6, 6.07) is 0. The summed E-state index contributed by atoms with van der Waals surface area (Å²) in [5, 5.41) is 3.06. The van der Waals surface area contributed by atoms with Crippen molar-refractivity contribution in [3.05, 3.63) is 17.8 Å². The molecule has 0 aliphatic carbocycles. The lowest BCUT2D eigenvalue weighted by molar-refractivity contribution is -0.157. The maximum atomic E-state index is 12.1. The first-order valence-electron chi connectivity index (χ1n) is 4.30. The average molecular weight is 206 g/mol. The Kier molecular flexibility index (Phi) is 2.22. The van der Waals surface area contributed by atoms with E-state index in [1.807, 2.05) is 0 Å². The van der Waals surface area contributed by atoms with E-state index in [-0.39, 0.29) is 5.92 Å². The molecule has 1 atom stereocenters. The van der Waals surface area contributed by atoms with Crippen molar-refractivity contribution in [2.24, 2.45) is 0 Å². The van der Waals surface area contributed by atoms with Crippen LogP contribution < -0.4 is 5.32 Å². The summed E-state index contributed by atoms with van der Waals surface area (Å²) in [6.07, 6.45) is -2.57. The normalized spacial score (nSPS) is 22.9. The van der Waals surface area contributed by atoms with Gasteiger partial charge in [0, 0.05) is 12.5 Å². The summed E-state index contributed by atoms with van der Waals surface area (Å²) < 4.78 is 40.7. The number of nitrogens with one attached hydrogen (secondary N) is 1. The minimum atomic E-state index is -4.48. The third-order valence-corrected chi connectivity index (χ3v) is 2.24. The van der Waals surface area contributed by atoms with E-state index in [0.717, 1.165) is 19.2 Å². The number of nitrogens with zero attached hydrogens (tertiary/aromatic N) is 1. The molecule has 1 aromatic rings. The van der Waals surface area contributed by atoms with Gasteiger partial charge in [0.2, 0.25) is 0 Å². The van der Waals surface area contributed by atoms with E-state index in [1.165, 1.54) is 0 Å². The number of rotatable bonds is 1. The summed E-state index contributed by atoms with van der Waals surface area (Å²) in [7, 11) is 0. The maximum absolute atomic E-state index is 12.1. The van der Waals surface area contributed by atoms with Crippen LogP contribution in [0.3, 0.4) is 0 Å². The Morgan fingerprint density at radius 1 is 1.50 bits per heavy atom. The van der Waals surface area contributed by atoms with Crippen molar-refractivity contribution < 1.29 is 17.6 Å². The van der Waals surface area contributed by atoms with Crippen LogP contribution in [-0.4, -0.2) is 18.1 Å². The number of hydrogen-bond donors (Lipinski definition) is 1. The van der Waals surface area contributed by atoms with Gasteiger partial charge in [0.15, 0.2) is 0 Å². The van der Waals surface area contributed by atoms with E-state index in [2.05, 4.69) is 14.7 Å². The fourth-order valence-corrected chi connectivity index (χ4v) is 1.51. The molecule has 14 heavy (non-hydrogen) atoms. The third kappa shape index (κ3) is 1.75. The molecule has 0 aromatic carbocycles. The van der Waals surface area contributed by atoms with Crippen molar-refractivity contribution in [1.29, 1.82) is 0 Å². The molecule has 1 aliphatic rings. The van der Waals surface area contributed by atoms with Gasteiger partial charge < -0.3 is 9.73 Å². The number of oxazole rings is 1. The quantitative estimate of drug-likeness (QED) is 0.760. The molecule has 78 valence electrons. The smallest absolute Gasteiger partial charge is 0.441 e. The molecule has 0 bridgehead atoms. The molecule has 0 radical (unpaired) electrons. The second kappa shape index (κ2) is 3.27. The summed E-state index contributed by atoms with van der Waals surface area (Å²) in [5.41, 5.74) is 0.391. The monoisotopic (exact) mass is 206 g/mol. The van der Waals surface area contributed by atoms with Gasteiger partial charge in [-0.15, -0.1) is 0 Å². The Labute approximate surface area is 78.3 Å². The SMILES string of the molecule is FC(F)(F)c1nc(C2CCNC2)co1. The first-order valence-corrected chi connectivity index (χ1v) is 4.30. The summed E-state index contributed by atoms with van der Waals surface area (Å²) in [5.74, 6) is -1.10. The van der Waals surface area contributed by atoms with E-state index in [4.69, 9.17) is 0 Å². The molecule has 1 unspecified atom stereocenters. The minimum absolute atomic E-state index is 0.0508. The van der Waals surface area contributed by atoms with Crippen molar-refractivity contribution in [2.45, 2.75) is 18.5 Å². The molecule has 2 rings (SSSR count). The van der Waals surface area contributed by atoms with Crippen molar-refractivity contribution in [1.82, 2.24) is 10.3 Å². The van der Waals surface area contributed by atoms with Gasteiger partial charge in [-0.2, -0.15) is 13.2 Å². The number of alkyl halides is 3. The molecular formula is C8H9F3N2O. The topological polar surface area (TPSA) is 38.1 Å². The Bertz CT molecular complexity index is 315. The lowest BCUT2D eigenvalue weighted by Gasteiger charge is -2.01. The molecular weight excluding hydrogens is 197 g/mol. The van der Waals surface area contributed by atoms with Gasteiger partial charge in [-0.05, 0) is 13.0 Å². The molecule has 0 saturated carbocycles. The van der Waals surface area contributed by atoms with Crippen LogP contribution in [-0.2, 0) is 6.18 Å². The van der Waals surface area contributed by atoms with E-state index in [9.17, 15) is 13.2 Å². The van der Waals surface area contributed by atoms with Crippen LogP contribution in [0.2, 0.25) is 0 Å². The van der Waals surface area contributed by atoms with Gasteiger partial charge in [-0.25, -0.2) is 4.98 Å². The first-order chi connectivity index (χ1) is 6.57. The number of aromatic nitrogens is 1. The van der Waals surface area contributed by atoms with Crippen molar-refractivity contribution >= 4 is 0 Å². The summed E-state index contributed by atoms with van der Waals surface area (Å²) >= 11 is 0. The van der Waals surface area contributed by atoms with Crippen LogP contribution in [0.1, 0.15) is 23.9 Å². The summed E-state index contributed by atoms with van der Waals surface area (Å²) in [4.78, 5) is 3.43. The van der Waals surface area contributed by atoms with E-state index < -0.39 is 12.1 Å². The second-order valence-corrected chi connectivity index (χ2v) is 3.27. The van der Waals surface area contributed by atoms with E-state index >= 15 is 0 Å². The number of hydrogen-bond acceptors (Lipinski definition) is 3. The fourth-order valence-electron chi connectivity index (χ4n) is 1.51. The molecule has 0 spiro atoms. The molecule has 2 heterocycles. The van der Waals surface area contributed by atoms with Crippen LogP contribution in [0.5, 0.6) is 0 Å². The van der Waals surface area contributed by atoms with Gasteiger partial charge in [0.05, 0.1) is 5.69 Å². The van der Waals surface area contributed by atoms with E-state index in [1.54, 1.807) is 0 Å². The molecule has 1 aromatic heterocycles. The molecule has 1 fully saturated rings.